The van der Waals surface area contributed by atoms with Crippen molar-refractivity contribution in [3.05, 3.63) is 58.6 Å². The average molecular weight is 435 g/mol. The number of nitrogens with zero attached hydrogens (tertiary/aromatic N) is 4. The van der Waals surface area contributed by atoms with E-state index >= 15 is 0 Å². The van der Waals surface area contributed by atoms with E-state index in [1.807, 2.05) is 19.5 Å². The number of halogens is 2. The van der Waals surface area contributed by atoms with Crippen LogP contribution >= 0.6 is 11.6 Å². The third-order valence-corrected chi connectivity index (χ3v) is 5.44. The Balaban J connectivity index is 1.87. The van der Waals surface area contributed by atoms with Crippen LogP contribution in [-0.4, -0.2) is 59.9 Å². The summed E-state index contributed by atoms with van der Waals surface area (Å²) in [4.78, 5) is 34.6. The highest BCUT2D eigenvalue weighted by molar-refractivity contribution is 6.31. The van der Waals surface area contributed by atoms with Crippen molar-refractivity contribution < 1.29 is 14.0 Å². The first-order valence-electron chi connectivity index (χ1n) is 9.44. The number of nitrogens with one attached hydrogen (secondary N) is 1. The van der Waals surface area contributed by atoms with Gasteiger partial charge in [-0.15, -0.1) is 0 Å². The Bertz CT molecular complexity index is 924. The summed E-state index contributed by atoms with van der Waals surface area (Å²) in [5.74, 6) is 4.12. The molecule has 1 atom stereocenters. The molecule has 3 rings (SSSR count). The highest BCUT2D eigenvalue weighted by Crippen LogP contribution is 2.26. The highest BCUT2D eigenvalue weighted by atomic mass is 35.5. The van der Waals surface area contributed by atoms with E-state index in [-0.39, 0.29) is 23.6 Å². The van der Waals surface area contributed by atoms with Crippen molar-refractivity contribution in [2.24, 2.45) is 5.84 Å². The summed E-state index contributed by atoms with van der Waals surface area (Å²) >= 11 is 5.96. The molecule has 1 aromatic carbocycles. The van der Waals surface area contributed by atoms with Crippen LogP contribution in [0.15, 0.2) is 36.5 Å². The topological polar surface area (TPSA) is 94.8 Å². The maximum absolute atomic E-state index is 13.7. The second kappa shape index (κ2) is 9.38. The van der Waals surface area contributed by atoms with Crippen molar-refractivity contribution in [2.45, 2.75) is 19.0 Å². The van der Waals surface area contributed by atoms with Gasteiger partial charge in [0, 0.05) is 31.0 Å². The molecule has 0 spiro atoms. The van der Waals surface area contributed by atoms with E-state index < -0.39 is 11.7 Å². The molecule has 1 aromatic heterocycles. The fourth-order valence-corrected chi connectivity index (χ4v) is 3.50. The number of rotatable bonds is 5. The molecule has 0 aliphatic carbocycles. The number of hydrazine groups is 1. The SMILES string of the molecule is CN(C)[C@@H]1CCN(C(=O)N(Cc2ccc(C(=O)NN)cn2)c2ccc(F)c(Cl)c2)C1. The first-order valence-corrected chi connectivity index (χ1v) is 9.81. The Morgan fingerprint density at radius 1 is 1.33 bits per heavy atom. The normalized spacial score (nSPS) is 16.1. The van der Waals surface area contributed by atoms with Crippen molar-refractivity contribution in [3.63, 3.8) is 0 Å². The molecule has 1 aliphatic heterocycles. The molecule has 160 valence electrons. The lowest BCUT2D eigenvalue weighted by molar-refractivity contribution is 0.0953. The van der Waals surface area contributed by atoms with Gasteiger partial charge in [-0.3, -0.25) is 20.1 Å². The Morgan fingerprint density at radius 3 is 2.67 bits per heavy atom. The first-order chi connectivity index (χ1) is 14.3. The van der Waals surface area contributed by atoms with Crippen LogP contribution < -0.4 is 16.2 Å². The number of pyridine rings is 1. The number of nitrogen functional groups attached to an aromatic ring is 1. The van der Waals surface area contributed by atoms with Crippen LogP contribution in [0.3, 0.4) is 0 Å². The quantitative estimate of drug-likeness (QED) is 0.427. The molecular formula is C20H24ClFN6O2. The van der Waals surface area contributed by atoms with Gasteiger partial charge in [0.15, 0.2) is 0 Å². The predicted octanol–water partition coefficient (Wildman–Crippen LogP) is 2.24. The van der Waals surface area contributed by atoms with Gasteiger partial charge in [-0.2, -0.15) is 0 Å². The van der Waals surface area contributed by atoms with Gasteiger partial charge >= 0.3 is 6.03 Å². The zero-order valence-corrected chi connectivity index (χ0v) is 17.6. The summed E-state index contributed by atoms with van der Waals surface area (Å²) in [6.45, 7) is 1.35. The van der Waals surface area contributed by atoms with Gasteiger partial charge in [0.1, 0.15) is 5.82 Å². The summed E-state index contributed by atoms with van der Waals surface area (Å²) in [6, 6.07) is 7.43. The summed E-state index contributed by atoms with van der Waals surface area (Å²) in [5.41, 5.74) is 3.37. The molecule has 0 saturated carbocycles. The molecule has 3 amide bonds. The van der Waals surface area contributed by atoms with Crippen molar-refractivity contribution in [1.82, 2.24) is 20.2 Å². The van der Waals surface area contributed by atoms with Gasteiger partial charge < -0.3 is 9.80 Å². The van der Waals surface area contributed by atoms with E-state index in [0.717, 1.165) is 6.42 Å². The molecule has 0 unspecified atom stereocenters. The number of carbonyl (C=O) groups is 2. The van der Waals surface area contributed by atoms with Crippen LogP contribution in [0.1, 0.15) is 22.5 Å². The van der Waals surface area contributed by atoms with Crippen molar-refractivity contribution in [3.8, 4) is 0 Å². The lowest BCUT2D eigenvalue weighted by Crippen LogP contribution is -2.43. The number of urea groups is 1. The fraction of sp³-hybridized carbons (Fsp3) is 0.350. The summed E-state index contributed by atoms with van der Waals surface area (Å²) in [6.07, 6.45) is 2.26. The van der Waals surface area contributed by atoms with Gasteiger partial charge in [-0.05, 0) is 50.8 Å². The minimum absolute atomic E-state index is 0.0687. The number of carbonyl (C=O) groups excluding carboxylic acids is 2. The summed E-state index contributed by atoms with van der Waals surface area (Å²) in [7, 11) is 3.97. The second-order valence-corrected chi connectivity index (χ2v) is 7.74. The van der Waals surface area contributed by atoms with Crippen LogP contribution in [0.4, 0.5) is 14.9 Å². The molecule has 0 radical (unpaired) electrons. The Hall–Kier alpha value is -2.75. The van der Waals surface area contributed by atoms with Gasteiger partial charge in [-0.25, -0.2) is 15.0 Å². The lowest BCUT2D eigenvalue weighted by Gasteiger charge is -2.29. The lowest BCUT2D eigenvalue weighted by atomic mass is 10.2. The van der Waals surface area contributed by atoms with E-state index in [0.29, 0.717) is 30.0 Å². The molecule has 0 bridgehead atoms. The third kappa shape index (κ3) is 4.86. The molecular weight excluding hydrogens is 411 g/mol. The van der Waals surface area contributed by atoms with E-state index in [1.165, 1.54) is 29.3 Å². The maximum Gasteiger partial charge on any atom is 0.324 e. The summed E-state index contributed by atoms with van der Waals surface area (Å²) < 4.78 is 13.7. The molecule has 2 aromatic rings. The number of likely N-dealkylation sites (tertiary alicyclic amines) is 1. The number of aromatic nitrogens is 1. The van der Waals surface area contributed by atoms with Crippen LogP contribution in [0, 0.1) is 5.82 Å². The molecule has 3 N–H and O–H groups in total. The van der Waals surface area contributed by atoms with E-state index in [9.17, 15) is 14.0 Å². The third-order valence-electron chi connectivity index (χ3n) is 5.15. The zero-order chi connectivity index (χ0) is 21.8. The minimum atomic E-state index is -0.558. The number of anilines is 1. The first kappa shape index (κ1) is 21.9. The van der Waals surface area contributed by atoms with Gasteiger partial charge in [0.25, 0.3) is 5.91 Å². The number of likely N-dealkylation sites (N-methyl/N-ethyl adjacent to an activating group) is 1. The number of nitrogens with two attached hydrogens (primary N) is 1. The zero-order valence-electron chi connectivity index (χ0n) is 16.8. The molecule has 1 aliphatic rings. The van der Waals surface area contributed by atoms with Crippen LogP contribution in [0.25, 0.3) is 0 Å². The molecule has 8 nitrogen and oxygen atoms in total. The average Bonchev–Trinajstić information content (AvgIpc) is 3.24. The number of hydrogen-bond donors (Lipinski definition) is 2. The maximum atomic E-state index is 13.7. The number of amides is 3. The Labute approximate surface area is 179 Å². The van der Waals surface area contributed by atoms with E-state index in [2.05, 4.69) is 9.88 Å². The van der Waals surface area contributed by atoms with E-state index in [4.69, 9.17) is 17.4 Å². The number of benzene rings is 1. The van der Waals surface area contributed by atoms with Crippen molar-refractivity contribution in [2.75, 3.05) is 32.1 Å². The summed E-state index contributed by atoms with van der Waals surface area (Å²) in [5, 5.41) is -0.0687. The van der Waals surface area contributed by atoms with Crippen LogP contribution in [-0.2, 0) is 6.54 Å². The van der Waals surface area contributed by atoms with Gasteiger partial charge in [-0.1, -0.05) is 11.6 Å². The van der Waals surface area contributed by atoms with Crippen LogP contribution in [0.5, 0.6) is 0 Å². The Kier molecular flexibility index (Phi) is 6.86. The predicted molar refractivity (Wildman–Crippen MR) is 113 cm³/mol. The molecule has 1 fully saturated rings. The fourth-order valence-electron chi connectivity index (χ4n) is 3.33. The monoisotopic (exact) mass is 434 g/mol. The molecule has 30 heavy (non-hydrogen) atoms. The van der Waals surface area contributed by atoms with Crippen molar-refractivity contribution in [1.29, 1.82) is 0 Å². The van der Waals surface area contributed by atoms with Gasteiger partial charge in [0.05, 0.1) is 22.8 Å². The second-order valence-electron chi connectivity index (χ2n) is 7.33. The Morgan fingerprint density at radius 2 is 2.10 bits per heavy atom. The molecule has 1 saturated heterocycles. The highest BCUT2D eigenvalue weighted by Gasteiger charge is 2.31. The van der Waals surface area contributed by atoms with Gasteiger partial charge in [0.2, 0.25) is 0 Å². The smallest absolute Gasteiger partial charge is 0.323 e. The molecule has 10 heteroatoms. The minimum Gasteiger partial charge on any atom is -0.323 e. The standard InChI is InChI=1S/C20H24ClFN6O2/c1-26(2)16-7-8-27(12-16)20(30)28(15-5-6-18(22)17(21)9-15)11-14-4-3-13(10-24-14)19(29)25-23/h3-6,9-10,16H,7-8,11-12,23H2,1-2H3,(H,25,29)/t16-/m1/s1. The molecule has 2 heterocycles. The number of hydrogen-bond acceptors (Lipinski definition) is 5. The van der Waals surface area contributed by atoms with E-state index in [1.54, 1.807) is 17.0 Å². The van der Waals surface area contributed by atoms with Crippen LogP contribution in [0.2, 0.25) is 5.02 Å². The largest absolute Gasteiger partial charge is 0.324 e. The van der Waals surface area contributed by atoms with Crippen molar-refractivity contribution >= 4 is 29.2 Å².